The average molecular weight is 892 g/mol. The minimum atomic E-state index is -0.552. The minimum Gasteiger partial charge on any atom is -0.354 e. The molecule has 6 aromatic heterocycles. The molecule has 0 aromatic carbocycles. The number of hydrogen-bond acceptors (Lipinski definition) is 9. The van der Waals surface area contributed by atoms with Crippen molar-refractivity contribution in [3.8, 4) is 0 Å². The Hall–Kier alpha value is -8.63. The number of nitrogens with zero attached hydrogens (tertiary/aromatic N) is 7. The van der Waals surface area contributed by atoms with Crippen molar-refractivity contribution in [2.45, 2.75) is 19.8 Å². The largest absolute Gasteiger partial charge is 0.354 e. The number of anilines is 6. The Morgan fingerprint density at radius 1 is 0.462 bits per heavy atom. The van der Waals surface area contributed by atoms with E-state index in [1.54, 1.807) is 97.6 Å². The maximum atomic E-state index is 13.2. The van der Waals surface area contributed by atoms with Crippen LogP contribution in [0.5, 0.6) is 0 Å². The molecule has 340 valence electrons. The lowest BCUT2D eigenvalue weighted by atomic mass is 10.2. The molecule has 0 aliphatic carbocycles. The van der Waals surface area contributed by atoms with E-state index in [2.05, 4.69) is 47.5 Å². The topological polar surface area (TPSA) is 275 Å². The van der Waals surface area contributed by atoms with Gasteiger partial charge in [0.1, 0.15) is 28.5 Å². The minimum absolute atomic E-state index is 0.0451. The SMILES string of the molecule is CNC(=O)c1cc(NC(=O)c2cc(NC(=O)c3cc(NC(=O)CCCNC(=O)c4cc(NC(=O)c5cc(NC(=O)c6nc(NC(C)=O)cn6C)cn5C)cn4C)cn3C)cn2C)cn1C. The molecule has 0 saturated carbocycles. The third-order valence-electron chi connectivity index (χ3n) is 9.98. The molecule has 0 aliphatic heterocycles. The molecule has 0 atom stereocenters. The van der Waals surface area contributed by atoms with Crippen molar-refractivity contribution in [2.75, 3.05) is 45.5 Å². The molecule has 6 heterocycles. The zero-order valence-electron chi connectivity index (χ0n) is 36.9. The summed E-state index contributed by atoms with van der Waals surface area (Å²) < 4.78 is 9.22. The van der Waals surface area contributed by atoms with E-state index in [1.807, 2.05) is 0 Å². The van der Waals surface area contributed by atoms with E-state index in [0.29, 0.717) is 40.6 Å². The molecule has 23 heteroatoms. The standard InChI is InChI=1S/C42H49N15O8/c1-23(58)45-34-22-57(8)36(51-34)42(65)50-28-16-33(56(7)21-28)41(64)48-26-14-30(53(4)19-26)38(61)44-11-9-10-35(59)46-24-12-31(54(5)17-24)39(62)49-27-15-32(55(6)20-27)40(63)47-25-13-29(37(60)43-2)52(3)18-25/h12-22H,9-11H2,1-8H3,(H,43,60)(H,44,61)(H,45,58)(H,46,59)(H,47,63)(H,48,64)(H,49,62)(H,50,65). The number of nitrogens with one attached hydrogen (secondary N) is 8. The third-order valence-corrected chi connectivity index (χ3v) is 9.98. The maximum Gasteiger partial charge on any atom is 0.291 e. The average Bonchev–Trinajstić information content (AvgIpc) is 4.09. The quantitative estimate of drug-likeness (QED) is 0.0663. The molecule has 8 N–H and O–H groups in total. The fourth-order valence-corrected chi connectivity index (χ4v) is 6.88. The first-order valence-corrected chi connectivity index (χ1v) is 20.0. The highest BCUT2D eigenvalue weighted by molar-refractivity contribution is 6.09. The highest BCUT2D eigenvalue weighted by Crippen LogP contribution is 2.21. The second kappa shape index (κ2) is 19.2. The van der Waals surface area contributed by atoms with Gasteiger partial charge in [0, 0.05) is 106 Å². The monoisotopic (exact) mass is 891 g/mol. The number of hydrogen-bond donors (Lipinski definition) is 8. The normalized spacial score (nSPS) is 10.8. The number of aromatic nitrogens is 7. The van der Waals surface area contributed by atoms with Crippen molar-refractivity contribution in [3.05, 3.63) is 102 Å². The van der Waals surface area contributed by atoms with E-state index in [-0.39, 0.29) is 65.1 Å². The first-order chi connectivity index (χ1) is 30.8. The lowest BCUT2D eigenvalue weighted by Crippen LogP contribution is -2.27. The summed E-state index contributed by atoms with van der Waals surface area (Å²) in [7, 11) is 11.4. The van der Waals surface area contributed by atoms with Gasteiger partial charge in [-0.05, 0) is 36.8 Å². The van der Waals surface area contributed by atoms with Crippen LogP contribution in [0.25, 0.3) is 0 Å². The number of imidazole rings is 1. The fourth-order valence-electron chi connectivity index (χ4n) is 6.88. The molecule has 8 amide bonds. The molecular formula is C42H49N15O8. The number of aryl methyl sites for hydroxylation is 6. The van der Waals surface area contributed by atoms with Crippen LogP contribution in [0.1, 0.15) is 82.8 Å². The summed E-state index contributed by atoms with van der Waals surface area (Å²) in [6, 6.07) is 7.57. The van der Waals surface area contributed by atoms with Crippen LogP contribution >= 0.6 is 0 Å². The molecule has 0 unspecified atom stereocenters. The smallest absolute Gasteiger partial charge is 0.291 e. The summed E-state index contributed by atoms with van der Waals surface area (Å²) in [5, 5.41) is 21.6. The maximum absolute atomic E-state index is 13.2. The van der Waals surface area contributed by atoms with Gasteiger partial charge in [0.05, 0.1) is 28.4 Å². The van der Waals surface area contributed by atoms with Crippen molar-refractivity contribution in [1.29, 1.82) is 0 Å². The first kappa shape index (κ1) is 45.9. The Labute approximate surface area is 371 Å². The van der Waals surface area contributed by atoms with Crippen LogP contribution < -0.4 is 42.5 Å². The predicted molar refractivity (Wildman–Crippen MR) is 240 cm³/mol. The second-order valence-corrected chi connectivity index (χ2v) is 15.2. The van der Waals surface area contributed by atoms with Gasteiger partial charge in [0.25, 0.3) is 35.4 Å². The molecular weight excluding hydrogens is 843 g/mol. The van der Waals surface area contributed by atoms with Crippen LogP contribution in [0.2, 0.25) is 0 Å². The van der Waals surface area contributed by atoms with Crippen LogP contribution in [-0.2, 0) is 51.9 Å². The van der Waals surface area contributed by atoms with Gasteiger partial charge >= 0.3 is 0 Å². The molecule has 65 heavy (non-hydrogen) atoms. The predicted octanol–water partition coefficient (Wildman–Crippen LogP) is 2.59. The fraction of sp³-hybridized carbons (Fsp3) is 0.262. The van der Waals surface area contributed by atoms with E-state index < -0.39 is 29.5 Å². The molecule has 0 fully saturated rings. The van der Waals surface area contributed by atoms with E-state index in [9.17, 15) is 38.4 Å². The van der Waals surface area contributed by atoms with Crippen LogP contribution in [0, 0.1) is 0 Å². The van der Waals surface area contributed by atoms with Gasteiger partial charge in [0.2, 0.25) is 17.6 Å². The Morgan fingerprint density at radius 3 is 1.23 bits per heavy atom. The van der Waals surface area contributed by atoms with Crippen molar-refractivity contribution in [1.82, 2.24) is 43.0 Å². The molecule has 0 spiro atoms. The summed E-state index contributed by atoms with van der Waals surface area (Å²) in [6.45, 7) is 1.50. The number of carbonyl (C=O) groups excluding carboxylic acids is 8. The van der Waals surface area contributed by atoms with Crippen LogP contribution in [0.3, 0.4) is 0 Å². The Morgan fingerprint density at radius 2 is 0.831 bits per heavy atom. The summed E-state index contributed by atoms with van der Waals surface area (Å²) in [6.07, 6.45) is 9.77. The van der Waals surface area contributed by atoms with E-state index in [1.165, 1.54) is 53.6 Å². The van der Waals surface area contributed by atoms with Gasteiger partial charge in [0.15, 0.2) is 5.82 Å². The molecule has 6 rings (SSSR count). The molecule has 0 bridgehead atoms. The summed E-state index contributed by atoms with van der Waals surface area (Å²) in [4.78, 5) is 106. The van der Waals surface area contributed by atoms with Gasteiger partial charge in [-0.3, -0.25) is 38.4 Å². The molecule has 0 saturated heterocycles. The number of amides is 8. The van der Waals surface area contributed by atoms with Gasteiger partial charge in [-0.25, -0.2) is 4.98 Å². The molecule has 0 radical (unpaired) electrons. The first-order valence-electron chi connectivity index (χ1n) is 20.0. The Kier molecular flexibility index (Phi) is 13.5. The van der Waals surface area contributed by atoms with Gasteiger partial charge in [-0.15, -0.1) is 0 Å². The zero-order chi connectivity index (χ0) is 47.3. The molecule has 23 nitrogen and oxygen atoms in total. The van der Waals surface area contributed by atoms with Crippen molar-refractivity contribution in [2.24, 2.45) is 42.3 Å². The lowest BCUT2D eigenvalue weighted by Gasteiger charge is -2.06. The van der Waals surface area contributed by atoms with Crippen molar-refractivity contribution < 1.29 is 38.4 Å². The summed E-state index contributed by atoms with van der Waals surface area (Å²) in [5.74, 6) is -3.10. The Balaban J connectivity index is 0.944. The summed E-state index contributed by atoms with van der Waals surface area (Å²) in [5.41, 5.74) is 3.19. The van der Waals surface area contributed by atoms with Gasteiger partial charge in [-0.2, -0.15) is 0 Å². The highest BCUT2D eigenvalue weighted by Gasteiger charge is 2.21. The van der Waals surface area contributed by atoms with Crippen LogP contribution in [-0.4, -0.2) is 93.2 Å². The van der Waals surface area contributed by atoms with Gasteiger partial charge in [-0.1, -0.05) is 0 Å². The zero-order valence-corrected chi connectivity index (χ0v) is 36.9. The van der Waals surface area contributed by atoms with E-state index in [0.717, 1.165) is 0 Å². The van der Waals surface area contributed by atoms with Crippen LogP contribution in [0.15, 0.2) is 67.5 Å². The van der Waals surface area contributed by atoms with E-state index in [4.69, 9.17) is 0 Å². The molecule has 6 aromatic rings. The highest BCUT2D eigenvalue weighted by atomic mass is 16.2. The number of carbonyl (C=O) groups is 8. The Bertz CT molecular complexity index is 2860. The number of rotatable bonds is 16. The van der Waals surface area contributed by atoms with Crippen molar-refractivity contribution in [3.63, 3.8) is 0 Å². The van der Waals surface area contributed by atoms with Gasteiger partial charge < -0.3 is 69.9 Å². The summed E-state index contributed by atoms with van der Waals surface area (Å²) >= 11 is 0. The van der Waals surface area contributed by atoms with E-state index >= 15 is 0 Å². The third kappa shape index (κ3) is 10.9. The molecule has 0 aliphatic rings. The van der Waals surface area contributed by atoms with Crippen molar-refractivity contribution >= 4 is 81.5 Å². The van der Waals surface area contributed by atoms with Crippen LogP contribution in [0.4, 0.5) is 34.3 Å². The lowest BCUT2D eigenvalue weighted by molar-refractivity contribution is -0.116. The second-order valence-electron chi connectivity index (χ2n) is 15.2.